The smallest absolute Gasteiger partial charge is 0.188 e. The zero-order chi connectivity index (χ0) is 8.27. The van der Waals surface area contributed by atoms with Crippen LogP contribution in [-0.4, -0.2) is 22.5 Å². The Kier molecular flexibility index (Phi) is 3.48. The molecule has 0 aliphatic rings. The van der Waals surface area contributed by atoms with Crippen molar-refractivity contribution in [1.82, 2.24) is 9.97 Å². The van der Waals surface area contributed by atoms with Crippen LogP contribution in [0.5, 0.6) is 0 Å². The van der Waals surface area contributed by atoms with Crippen molar-refractivity contribution in [1.29, 1.82) is 0 Å². The molecule has 1 aromatic heterocycles. The molecule has 0 amide bonds. The Bertz CT molecular complexity index is 254. The van der Waals surface area contributed by atoms with Crippen LogP contribution in [0.15, 0.2) is 16.2 Å². The number of hydrogen-bond donors (Lipinski definition) is 0. The Labute approximate surface area is 79.2 Å². The van der Waals surface area contributed by atoms with Gasteiger partial charge in [-0.25, -0.2) is 9.97 Å². The predicted molar refractivity (Wildman–Crippen MR) is 50.6 cm³/mol. The molecule has 0 N–H and O–H groups in total. The van der Waals surface area contributed by atoms with Crippen LogP contribution in [0, 0.1) is 0 Å². The fourth-order valence-corrected chi connectivity index (χ4v) is 1.69. The maximum Gasteiger partial charge on any atom is 0.188 e. The van der Waals surface area contributed by atoms with Crippen molar-refractivity contribution in [2.24, 2.45) is 0 Å². The van der Waals surface area contributed by atoms with E-state index in [0.717, 1.165) is 4.90 Å². The molecule has 0 fully saturated rings. The summed E-state index contributed by atoms with van der Waals surface area (Å²) in [5, 5.41) is 1.25. The Morgan fingerprint density at radius 1 is 1.36 bits per heavy atom. The van der Waals surface area contributed by atoms with Crippen LogP contribution in [0.3, 0.4) is 0 Å². The maximum absolute atomic E-state index is 5.82. The third-order valence-corrected chi connectivity index (χ3v) is 2.79. The third-order valence-electron chi connectivity index (χ3n) is 1.09. The Balaban J connectivity index is 2.99. The molecule has 0 saturated carbocycles. The summed E-state index contributed by atoms with van der Waals surface area (Å²) in [5.41, 5.74) is 0. The molecule has 1 heterocycles. The standard InChI is InChI=1S/C6H7ClN2S2/c1-10-4-3-8-6(11-2)9-5(4)7/h3H,1-2H3. The van der Waals surface area contributed by atoms with Gasteiger partial charge in [-0.2, -0.15) is 0 Å². The van der Waals surface area contributed by atoms with Gasteiger partial charge in [-0.1, -0.05) is 23.4 Å². The highest BCUT2D eigenvalue weighted by atomic mass is 35.5. The SMILES string of the molecule is CSc1ncc(SC)c(Cl)n1. The first-order valence-electron chi connectivity index (χ1n) is 2.88. The third kappa shape index (κ3) is 2.25. The van der Waals surface area contributed by atoms with Crippen molar-refractivity contribution >= 4 is 35.1 Å². The van der Waals surface area contributed by atoms with E-state index in [-0.39, 0.29) is 0 Å². The normalized spacial score (nSPS) is 10.1. The topological polar surface area (TPSA) is 25.8 Å². The second-order valence-corrected chi connectivity index (χ2v) is 3.70. The lowest BCUT2D eigenvalue weighted by atomic mass is 10.7. The van der Waals surface area contributed by atoms with Crippen molar-refractivity contribution in [2.45, 2.75) is 10.1 Å². The highest BCUT2D eigenvalue weighted by Gasteiger charge is 2.01. The molecule has 11 heavy (non-hydrogen) atoms. The van der Waals surface area contributed by atoms with Gasteiger partial charge in [0.1, 0.15) is 5.15 Å². The minimum Gasteiger partial charge on any atom is -0.230 e. The number of aromatic nitrogens is 2. The van der Waals surface area contributed by atoms with E-state index in [2.05, 4.69) is 9.97 Å². The number of rotatable bonds is 2. The van der Waals surface area contributed by atoms with Gasteiger partial charge in [0.2, 0.25) is 0 Å². The quantitative estimate of drug-likeness (QED) is 0.422. The Morgan fingerprint density at radius 3 is 2.55 bits per heavy atom. The summed E-state index contributed by atoms with van der Waals surface area (Å²) in [7, 11) is 0. The van der Waals surface area contributed by atoms with Crippen molar-refractivity contribution < 1.29 is 0 Å². The van der Waals surface area contributed by atoms with Gasteiger partial charge < -0.3 is 0 Å². The molecule has 0 aliphatic heterocycles. The lowest BCUT2D eigenvalue weighted by molar-refractivity contribution is 0.934. The predicted octanol–water partition coefficient (Wildman–Crippen LogP) is 2.57. The van der Waals surface area contributed by atoms with Gasteiger partial charge in [0.15, 0.2) is 5.16 Å². The van der Waals surface area contributed by atoms with E-state index in [1.165, 1.54) is 11.8 Å². The molecule has 60 valence electrons. The van der Waals surface area contributed by atoms with Crippen LogP contribution < -0.4 is 0 Å². The molecule has 5 heteroatoms. The van der Waals surface area contributed by atoms with Crippen LogP contribution in [-0.2, 0) is 0 Å². The summed E-state index contributed by atoms with van der Waals surface area (Å²) in [6.07, 6.45) is 5.61. The van der Waals surface area contributed by atoms with Crippen LogP contribution >= 0.6 is 35.1 Å². The zero-order valence-corrected chi connectivity index (χ0v) is 8.56. The number of thioether (sulfide) groups is 2. The first-order valence-corrected chi connectivity index (χ1v) is 5.71. The van der Waals surface area contributed by atoms with Crippen LogP contribution in [0.2, 0.25) is 5.15 Å². The first kappa shape index (κ1) is 9.16. The highest BCUT2D eigenvalue weighted by molar-refractivity contribution is 7.99. The average Bonchev–Trinajstić information content (AvgIpc) is 2.04. The van der Waals surface area contributed by atoms with Crippen LogP contribution in [0.25, 0.3) is 0 Å². The van der Waals surface area contributed by atoms with Gasteiger partial charge in [-0.15, -0.1) is 11.8 Å². The minimum absolute atomic E-state index is 0.539. The minimum atomic E-state index is 0.539. The molecule has 0 spiro atoms. The maximum atomic E-state index is 5.82. The van der Waals surface area contributed by atoms with Crippen molar-refractivity contribution in [3.63, 3.8) is 0 Å². The molecule has 0 saturated heterocycles. The van der Waals surface area contributed by atoms with E-state index in [9.17, 15) is 0 Å². The highest BCUT2D eigenvalue weighted by Crippen LogP contribution is 2.23. The molecular weight excluding hydrogens is 200 g/mol. The van der Waals surface area contributed by atoms with E-state index >= 15 is 0 Å². The zero-order valence-electron chi connectivity index (χ0n) is 6.17. The molecule has 0 radical (unpaired) electrons. The van der Waals surface area contributed by atoms with E-state index in [1.807, 2.05) is 12.5 Å². The summed E-state index contributed by atoms with van der Waals surface area (Å²) in [4.78, 5) is 9.06. The molecule has 0 atom stereocenters. The summed E-state index contributed by atoms with van der Waals surface area (Å²) in [6, 6.07) is 0. The monoisotopic (exact) mass is 206 g/mol. The summed E-state index contributed by atoms with van der Waals surface area (Å²) in [6.45, 7) is 0. The molecule has 0 unspecified atom stereocenters. The molecule has 0 aliphatic carbocycles. The molecular formula is C6H7ClN2S2. The lowest BCUT2D eigenvalue weighted by Gasteiger charge is -1.99. The number of nitrogens with zero attached hydrogens (tertiary/aromatic N) is 2. The van der Waals surface area contributed by atoms with Crippen molar-refractivity contribution in [3.8, 4) is 0 Å². The fourth-order valence-electron chi connectivity index (χ4n) is 0.570. The van der Waals surface area contributed by atoms with Crippen molar-refractivity contribution in [3.05, 3.63) is 11.3 Å². The lowest BCUT2D eigenvalue weighted by Crippen LogP contribution is -1.87. The summed E-state index contributed by atoms with van der Waals surface area (Å²) < 4.78 is 0. The second kappa shape index (κ2) is 4.18. The second-order valence-electron chi connectivity index (χ2n) is 1.72. The first-order chi connectivity index (χ1) is 5.27. The largest absolute Gasteiger partial charge is 0.230 e. The van der Waals surface area contributed by atoms with Gasteiger partial charge in [-0.05, 0) is 12.5 Å². The van der Waals surface area contributed by atoms with Gasteiger partial charge in [-0.3, -0.25) is 0 Å². The van der Waals surface area contributed by atoms with Gasteiger partial charge in [0, 0.05) is 6.20 Å². The van der Waals surface area contributed by atoms with Gasteiger partial charge in [0.05, 0.1) is 4.90 Å². The molecule has 1 aromatic rings. The summed E-state index contributed by atoms with van der Waals surface area (Å²) in [5.74, 6) is 0. The number of halogens is 1. The van der Waals surface area contributed by atoms with E-state index in [0.29, 0.717) is 10.3 Å². The van der Waals surface area contributed by atoms with Crippen LogP contribution in [0.4, 0.5) is 0 Å². The molecule has 1 rings (SSSR count). The van der Waals surface area contributed by atoms with Crippen LogP contribution in [0.1, 0.15) is 0 Å². The molecule has 0 aromatic carbocycles. The molecule has 2 nitrogen and oxygen atoms in total. The van der Waals surface area contributed by atoms with Crippen molar-refractivity contribution in [2.75, 3.05) is 12.5 Å². The van der Waals surface area contributed by atoms with E-state index < -0.39 is 0 Å². The van der Waals surface area contributed by atoms with Gasteiger partial charge in [0.25, 0.3) is 0 Å². The van der Waals surface area contributed by atoms with E-state index in [4.69, 9.17) is 11.6 Å². The van der Waals surface area contributed by atoms with Gasteiger partial charge >= 0.3 is 0 Å². The number of hydrogen-bond acceptors (Lipinski definition) is 4. The summed E-state index contributed by atoms with van der Waals surface area (Å²) >= 11 is 8.86. The Hall–Kier alpha value is 0.0700. The molecule has 0 bridgehead atoms. The Morgan fingerprint density at radius 2 is 2.09 bits per heavy atom. The fraction of sp³-hybridized carbons (Fsp3) is 0.333. The van der Waals surface area contributed by atoms with E-state index in [1.54, 1.807) is 18.0 Å². The average molecular weight is 207 g/mol.